The van der Waals surface area contributed by atoms with Gasteiger partial charge in [-0.3, -0.25) is 24.0 Å². The predicted molar refractivity (Wildman–Crippen MR) is 160 cm³/mol. The van der Waals surface area contributed by atoms with Gasteiger partial charge in [0, 0.05) is 25.4 Å². The highest BCUT2D eigenvalue weighted by molar-refractivity contribution is 7.80. The van der Waals surface area contributed by atoms with Crippen LogP contribution in [0.4, 0.5) is 0 Å². The van der Waals surface area contributed by atoms with Crippen molar-refractivity contribution in [3.63, 3.8) is 0 Å². The number of aliphatic carboxylic acids is 1. The summed E-state index contributed by atoms with van der Waals surface area (Å²) in [5.41, 5.74) is 6.75. The lowest BCUT2D eigenvalue weighted by molar-refractivity contribution is -0.150. The Morgan fingerprint density at radius 2 is 1.39 bits per heavy atom. The number of carbonyl (C=O) groups excluding carboxylic acids is 5. The van der Waals surface area contributed by atoms with Crippen molar-refractivity contribution < 1.29 is 39.0 Å². The molecule has 0 spiro atoms. The number of hydrogen-bond acceptors (Lipinski definition) is 9. The highest BCUT2D eigenvalue weighted by Gasteiger charge is 2.45. The average molecular weight is 633 g/mol. The molecule has 3 saturated heterocycles. The second kappa shape index (κ2) is 14.8. The number of likely N-dealkylation sites (tertiary alicyclic amines) is 3. The number of carboxylic acid groups (broad SMARTS) is 1. The topological polar surface area (TPSA) is 203 Å². The van der Waals surface area contributed by atoms with Gasteiger partial charge in [0.1, 0.15) is 29.9 Å². The van der Waals surface area contributed by atoms with E-state index < -0.39 is 53.9 Å². The number of rotatable bonds is 11. The van der Waals surface area contributed by atoms with Crippen molar-refractivity contribution in [2.75, 3.05) is 31.9 Å². The number of hydrogen-bond donors (Lipinski definition) is 6. The number of benzene rings is 1. The average Bonchev–Trinajstić information content (AvgIpc) is 3.79. The molecule has 14 nitrogen and oxygen atoms in total. The summed E-state index contributed by atoms with van der Waals surface area (Å²) in [7, 11) is 0. The molecule has 0 unspecified atom stereocenters. The highest BCUT2D eigenvalue weighted by atomic mass is 32.1. The molecule has 0 aromatic heterocycles. The third-order valence-corrected chi connectivity index (χ3v) is 8.82. The first-order valence-corrected chi connectivity index (χ1v) is 15.5. The number of carboxylic acids is 1. The lowest BCUT2D eigenvalue weighted by atomic mass is 10.1. The number of phenolic OH excluding ortho intramolecular Hbond substituents is 1. The summed E-state index contributed by atoms with van der Waals surface area (Å²) in [5.74, 6) is -3.44. The fourth-order valence-corrected chi connectivity index (χ4v) is 6.37. The minimum Gasteiger partial charge on any atom is -0.508 e. The fourth-order valence-electron chi connectivity index (χ4n) is 6.12. The Bertz CT molecular complexity index is 1260. The molecule has 0 saturated carbocycles. The first-order chi connectivity index (χ1) is 21.0. The van der Waals surface area contributed by atoms with E-state index in [0.717, 1.165) is 5.56 Å². The molecular formula is C29H40N6O8S. The lowest BCUT2D eigenvalue weighted by Crippen LogP contribution is -2.57. The maximum Gasteiger partial charge on any atom is 0.327 e. The maximum atomic E-state index is 13.7. The van der Waals surface area contributed by atoms with Gasteiger partial charge < -0.3 is 41.3 Å². The Morgan fingerprint density at radius 3 is 1.95 bits per heavy atom. The largest absolute Gasteiger partial charge is 0.508 e. The summed E-state index contributed by atoms with van der Waals surface area (Å²) in [5, 5.41) is 23.7. The first-order valence-electron chi connectivity index (χ1n) is 14.9. The summed E-state index contributed by atoms with van der Waals surface area (Å²) in [4.78, 5) is 81.6. The number of nitrogens with two attached hydrogens (primary N) is 1. The van der Waals surface area contributed by atoms with E-state index in [1.54, 1.807) is 12.1 Å². The van der Waals surface area contributed by atoms with Crippen LogP contribution in [0.2, 0.25) is 0 Å². The van der Waals surface area contributed by atoms with Crippen molar-refractivity contribution in [3.05, 3.63) is 29.8 Å². The van der Waals surface area contributed by atoms with Crippen molar-refractivity contribution in [2.24, 2.45) is 5.73 Å². The molecule has 3 aliphatic rings. The molecule has 4 rings (SSSR count). The van der Waals surface area contributed by atoms with Gasteiger partial charge >= 0.3 is 5.97 Å². The molecule has 5 atom stereocenters. The second-order valence-corrected chi connectivity index (χ2v) is 11.8. The summed E-state index contributed by atoms with van der Waals surface area (Å²) in [6.45, 7) is 0.655. The zero-order valence-corrected chi connectivity index (χ0v) is 25.3. The van der Waals surface area contributed by atoms with Crippen molar-refractivity contribution >= 4 is 48.1 Å². The zero-order valence-electron chi connectivity index (χ0n) is 24.4. The number of carbonyl (C=O) groups is 6. The second-order valence-electron chi connectivity index (χ2n) is 11.4. The Kier molecular flexibility index (Phi) is 11.1. The molecule has 0 bridgehead atoms. The van der Waals surface area contributed by atoms with Gasteiger partial charge in [-0.2, -0.15) is 12.6 Å². The molecule has 3 aliphatic heterocycles. The minimum absolute atomic E-state index is 0.0972. The third-order valence-electron chi connectivity index (χ3n) is 8.46. The molecule has 44 heavy (non-hydrogen) atoms. The molecule has 1 aromatic carbocycles. The van der Waals surface area contributed by atoms with Gasteiger partial charge in [0.25, 0.3) is 0 Å². The Balaban J connectivity index is 1.34. The van der Waals surface area contributed by atoms with E-state index in [1.165, 1.54) is 26.8 Å². The van der Waals surface area contributed by atoms with Gasteiger partial charge in [-0.05, 0) is 62.6 Å². The van der Waals surface area contributed by atoms with Gasteiger partial charge in [0.05, 0.1) is 12.6 Å². The van der Waals surface area contributed by atoms with E-state index in [2.05, 4.69) is 23.3 Å². The number of nitrogens with one attached hydrogen (secondary N) is 2. The standard InChI is InChI=1S/C29H40N6O8S/c30-19(14-17-7-9-18(36)10-8-17)25(38)31-15-24(37)33-11-2-5-22(33)27(40)35-13-3-6-23(35)28(41)34-12-1-4-21(34)26(39)32-20(16-44)29(42)43/h7-10,19-23,36,44H,1-6,11-16,30H2,(H,31,38)(H,32,39)(H,42,43)/t19-,20-,21-,22-,23-/m0/s1. The van der Waals surface area contributed by atoms with E-state index in [9.17, 15) is 39.0 Å². The molecule has 5 amide bonds. The number of thiol groups is 1. The van der Waals surface area contributed by atoms with Crippen LogP contribution in [0.1, 0.15) is 44.1 Å². The van der Waals surface area contributed by atoms with Crippen molar-refractivity contribution in [1.82, 2.24) is 25.3 Å². The van der Waals surface area contributed by atoms with Crippen molar-refractivity contribution in [3.8, 4) is 5.75 Å². The summed E-state index contributed by atoms with van der Waals surface area (Å²) < 4.78 is 0. The van der Waals surface area contributed by atoms with Crippen LogP contribution in [-0.2, 0) is 35.2 Å². The Morgan fingerprint density at radius 1 is 0.864 bits per heavy atom. The smallest absolute Gasteiger partial charge is 0.327 e. The molecule has 1 aromatic rings. The normalized spacial score (nSPS) is 22.9. The van der Waals surface area contributed by atoms with Crippen LogP contribution in [-0.4, -0.2) is 123 Å². The van der Waals surface area contributed by atoms with E-state index in [0.29, 0.717) is 58.2 Å². The van der Waals surface area contributed by atoms with Gasteiger partial charge in [0.2, 0.25) is 29.5 Å². The zero-order chi connectivity index (χ0) is 32.0. The predicted octanol–water partition coefficient (Wildman–Crippen LogP) is -1.15. The monoisotopic (exact) mass is 632 g/mol. The quantitative estimate of drug-likeness (QED) is 0.163. The van der Waals surface area contributed by atoms with Crippen LogP contribution in [0.15, 0.2) is 24.3 Å². The fraction of sp³-hybridized carbons (Fsp3) is 0.586. The number of nitrogens with zero attached hydrogens (tertiary/aromatic N) is 3. The van der Waals surface area contributed by atoms with Crippen LogP contribution in [0, 0.1) is 0 Å². The molecule has 15 heteroatoms. The number of aromatic hydroxyl groups is 1. The molecule has 3 fully saturated rings. The number of phenols is 1. The minimum atomic E-state index is -1.22. The van der Waals surface area contributed by atoms with E-state index in [-0.39, 0.29) is 36.3 Å². The summed E-state index contributed by atoms with van der Waals surface area (Å²) in [6.07, 6.45) is 3.18. The Labute approximate surface area is 260 Å². The third kappa shape index (κ3) is 7.62. The van der Waals surface area contributed by atoms with Crippen LogP contribution in [0.5, 0.6) is 5.75 Å². The van der Waals surface area contributed by atoms with Gasteiger partial charge in [-0.15, -0.1) is 0 Å². The van der Waals surface area contributed by atoms with Gasteiger partial charge in [0.15, 0.2) is 0 Å². The van der Waals surface area contributed by atoms with E-state index in [4.69, 9.17) is 5.73 Å². The van der Waals surface area contributed by atoms with Crippen LogP contribution in [0.3, 0.4) is 0 Å². The lowest BCUT2D eigenvalue weighted by Gasteiger charge is -2.34. The van der Waals surface area contributed by atoms with E-state index >= 15 is 0 Å². The van der Waals surface area contributed by atoms with E-state index in [1.807, 2.05) is 0 Å². The molecular weight excluding hydrogens is 592 g/mol. The molecule has 6 N–H and O–H groups in total. The van der Waals surface area contributed by atoms with Crippen molar-refractivity contribution in [1.29, 1.82) is 0 Å². The molecule has 240 valence electrons. The van der Waals surface area contributed by atoms with Gasteiger partial charge in [-0.25, -0.2) is 4.79 Å². The highest BCUT2D eigenvalue weighted by Crippen LogP contribution is 2.28. The van der Waals surface area contributed by atoms with Crippen LogP contribution in [0.25, 0.3) is 0 Å². The van der Waals surface area contributed by atoms with Crippen molar-refractivity contribution in [2.45, 2.75) is 75.2 Å². The number of amides is 5. The Hall–Kier alpha value is -3.85. The summed E-state index contributed by atoms with van der Waals surface area (Å²) >= 11 is 3.98. The molecule has 0 radical (unpaired) electrons. The SMILES string of the molecule is N[C@@H](Cc1ccc(O)cc1)C(=O)NCC(=O)N1CCC[C@H]1C(=O)N1CCC[C@H]1C(=O)N1CCC[C@H]1C(=O)N[C@@H](CS)C(=O)O. The van der Waals surface area contributed by atoms with Gasteiger partial charge in [-0.1, -0.05) is 12.1 Å². The molecule has 3 heterocycles. The maximum absolute atomic E-state index is 13.7. The molecule has 0 aliphatic carbocycles. The van der Waals surface area contributed by atoms with Crippen LogP contribution < -0.4 is 16.4 Å². The van der Waals surface area contributed by atoms with Crippen LogP contribution >= 0.6 is 12.6 Å². The first kappa shape index (κ1) is 33.1. The summed E-state index contributed by atoms with van der Waals surface area (Å²) in [6, 6.07) is 1.80.